The average molecular weight is 385 g/mol. The Morgan fingerprint density at radius 2 is 2.00 bits per heavy atom. The Morgan fingerprint density at radius 3 is 2.50 bits per heavy atom. The van der Waals surface area contributed by atoms with Crippen LogP contribution in [-0.2, 0) is 4.79 Å². The fourth-order valence-corrected chi connectivity index (χ4v) is 3.03. The van der Waals surface area contributed by atoms with Gasteiger partial charge in [0, 0.05) is 18.1 Å². The van der Waals surface area contributed by atoms with Crippen LogP contribution in [0.2, 0.25) is 0 Å². The van der Waals surface area contributed by atoms with Gasteiger partial charge in [-0.1, -0.05) is 13.8 Å². The maximum Gasteiger partial charge on any atom is 0.312 e. The Hall–Kier alpha value is -2.40. The lowest BCUT2D eigenvalue weighted by Gasteiger charge is -2.27. The van der Waals surface area contributed by atoms with E-state index in [1.54, 1.807) is 25.4 Å². The van der Waals surface area contributed by atoms with Crippen molar-refractivity contribution in [2.75, 3.05) is 6.54 Å². The molecule has 26 heavy (non-hydrogen) atoms. The minimum absolute atomic E-state index is 0.0170. The van der Waals surface area contributed by atoms with Crippen LogP contribution in [0.5, 0.6) is 0 Å². The molecule has 9 N–H and O–H groups in total. The van der Waals surface area contributed by atoms with E-state index in [1.165, 1.54) is 11.3 Å². The minimum Gasteiger partial charge on any atom is -0.384 e. The minimum atomic E-state index is -0.987. The second kappa shape index (κ2) is 10.6. The molecular formula is C15H27N7O3S. The molecule has 0 fully saturated rings. The summed E-state index contributed by atoms with van der Waals surface area (Å²) in [5.41, 5.74) is 15.7. The van der Waals surface area contributed by atoms with E-state index in [9.17, 15) is 14.7 Å². The largest absolute Gasteiger partial charge is 0.384 e. The van der Waals surface area contributed by atoms with Gasteiger partial charge in [-0.2, -0.15) is 0 Å². The van der Waals surface area contributed by atoms with Gasteiger partial charge in [0.2, 0.25) is 5.91 Å². The Bertz CT molecular complexity index is 602. The molecule has 3 amide bonds. The number of aliphatic hydroxyl groups is 1. The summed E-state index contributed by atoms with van der Waals surface area (Å²) in [5, 5.41) is 18.0. The molecule has 0 unspecified atom stereocenters. The second-order valence-corrected chi connectivity index (χ2v) is 7.04. The molecule has 0 aliphatic heterocycles. The molecule has 0 saturated carbocycles. The zero-order valence-electron chi connectivity index (χ0n) is 14.9. The van der Waals surface area contributed by atoms with Gasteiger partial charge in [0.25, 0.3) is 0 Å². The van der Waals surface area contributed by atoms with E-state index in [2.05, 4.69) is 20.6 Å². The molecule has 0 saturated heterocycles. The number of nitrogens with one attached hydrogen (secondary N) is 2. The first kappa shape index (κ1) is 21.6. The molecule has 146 valence electrons. The number of primary amides is 1. The van der Waals surface area contributed by atoms with Crippen molar-refractivity contribution in [3.8, 4) is 0 Å². The van der Waals surface area contributed by atoms with Crippen LogP contribution in [-0.4, -0.2) is 46.6 Å². The monoisotopic (exact) mass is 385 g/mol. The van der Waals surface area contributed by atoms with Crippen molar-refractivity contribution >= 4 is 29.2 Å². The number of nitrogens with two attached hydrogens (primary N) is 3. The van der Waals surface area contributed by atoms with Gasteiger partial charge >= 0.3 is 6.03 Å². The van der Waals surface area contributed by atoms with E-state index in [0.29, 0.717) is 24.4 Å². The Balaban J connectivity index is 2.83. The van der Waals surface area contributed by atoms with Crippen molar-refractivity contribution in [2.24, 2.45) is 28.1 Å². The molecule has 1 rings (SSSR count). The third kappa shape index (κ3) is 7.23. The van der Waals surface area contributed by atoms with Crippen LogP contribution in [0.4, 0.5) is 4.79 Å². The summed E-state index contributed by atoms with van der Waals surface area (Å²) in [6.45, 7) is 3.93. The van der Waals surface area contributed by atoms with Crippen LogP contribution in [0, 0.1) is 5.92 Å². The molecule has 0 aromatic carbocycles. The number of rotatable bonds is 10. The van der Waals surface area contributed by atoms with Gasteiger partial charge in [-0.15, -0.1) is 11.3 Å². The van der Waals surface area contributed by atoms with Crippen LogP contribution in [0.25, 0.3) is 0 Å². The van der Waals surface area contributed by atoms with E-state index < -0.39 is 30.1 Å². The molecule has 0 radical (unpaired) electrons. The highest BCUT2D eigenvalue weighted by Crippen LogP contribution is 2.22. The molecular weight excluding hydrogens is 358 g/mol. The molecule has 10 nitrogen and oxygen atoms in total. The SMILES string of the molecule is CC(C)[C@H](NC(N)=O)C(=O)N[C@@H](CCCN=C(N)N)[C@H](O)c1nccs1. The van der Waals surface area contributed by atoms with Crippen molar-refractivity contribution in [3.63, 3.8) is 0 Å². The number of thiazole rings is 1. The Morgan fingerprint density at radius 1 is 1.31 bits per heavy atom. The lowest BCUT2D eigenvalue weighted by molar-refractivity contribution is -0.125. The number of carbonyl (C=O) groups excluding carboxylic acids is 2. The summed E-state index contributed by atoms with van der Waals surface area (Å²) in [7, 11) is 0. The predicted molar refractivity (Wildman–Crippen MR) is 100 cm³/mol. The van der Waals surface area contributed by atoms with Crippen LogP contribution in [0.1, 0.15) is 37.8 Å². The lowest BCUT2D eigenvalue weighted by atomic mass is 10.0. The summed E-state index contributed by atoms with van der Waals surface area (Å²) in [4.78, 5) is 31.7. The van der Waals surface area contributed by atoms with Crippen LogP contribution in [0.3, 0.4) is 0 Å². The maximum absolute atomic E-state index is 12.6. The van der Waals surface area contributed by atoms with Gasteiger partial charge in [-0.05, 0) is 18.8 Å². The maximum atomic E-state index is 12.6. The van der Waals surface area contributed by atoms with Crippen LogP contribution < -0.4 is 27.8 Å². The summed E-state index contributed by atoms with van der Waals surface area (Å²) in [5.74, 6) is -0.625. The third-order valence-corrected chi connectivity index (χ3v) is 4.47. The van der Waals surface area contributed by atoms with Crippen LogP contribution >= 0.6 is 11.3 Å². The zero-order chi connectivity index (χ0) is 19.7. The van der Waals surface area contributed by atoms with E-state index in [1.807, 2.05) is 0 Å². The number of urea groups is 1. The average Bonchev–Trinajstić information content (AvgIpc) is 3.08. The number of nitrogens with zero attached hydrogens (tertiary/aromatic N) is 2. The second-order valence-electron chi connectivity index (χ2n) is 6.11. The summed E-state index contributed by atoms with van der Waals surface area (Å²) in [6, 6.07) is -2.21. The van der Waals surface area contributed by atoms with Gasteiger partial charge in [-0.3, -0.25) is 9.79 Å². The summed E-state index contributed by atoms with van der Waals surface area (Å²) < 4.78 is 0. The van der Waals surface area contributed by atoms with Crippen molar-refractivity contribution in [1.29, 1.82) is 0 Å². The summed E-state index contributed by atoms with van der Waals surface area (Å²) in [6.07, 6.45) is 1.55. The number of aromatic nitrogens is 1. The van der Waals surface area contributed by atoms with Gasteiger partial charge < -0.3 is 32.9 Å². The smallest absolute Gasteiger partial charge is 0.312 e. The van der Waals surface area contributed by atoms with Gasteiger partial charge in [0.1, 0.15) is 17.2 Å². The van der Waals surface area contributed by atoms with Gasteiger partial charge in [0.15, 0.2) is 5.96 Å². The van der Waals surface area contributed by atoms with Crippen LogP contribution in [0.15, 0.2) is 16.6 Å². The molecule has 1 aromatic rings. The van der Waals surface area contributed by atoms with E-state index >= 15 is 0 Å². The van der Waals surface area contributed by atoms with Crippen molar-refractivity contribution in [3.05, 3.63) is 16.6 Å². The van der Waals surface area contributed by atoms with E-state index in [-0.39, 0.29) is 11.9 Å². The normalized spacial score (nSPS) is 14.3. The highest BCUT2D eigenvalue weighted by atomic mass is 32.1. The molecule has 0 aliphatic carbocycles. The van der Waals surface area contributed by atoms with Gasteiger partial charge in [0.05, 0.1) is 6.04 Å². The molecule has 1 aromatic heterocycles. The first-order valence-electron chi connectivity index (χ1n) is 8.21. The molecule has 11 heteroatoms. The number of carbonyl (C=O) groups is 2. The summed E-state index contributed by atoms with van der Waals surface area (Å²) >= 11 is 1.29. The molecule has 3 atom stereocenters. The molecule has 1 heterocycles. The fraction of sp³-hybridized carbons (Fsp3) is 0.600. The number of amides is 3. The van der Waals surface area contributed by atoms with E-state index in [4.69, 9.17) is 17.2 Å². The molecule has 0 bridgehead atoms. The number of aliphatic hydroxyl groups excluding tert-OH is 1. The lowest BCUT2D eigenvalue weighted by Crippen LogP contribution is -2.54. The predicted octanol–water partition coefficient (Wildman–Crippen LogP) is -0.592. The standard InChI is InChI=1S/C15H27N7O3S/c1-8(2)10(22-15(18)25)12(24)21-9(4-3-5-20-14(16)17)11(23)13-19-6-7-26-13/h6-11,23H,3-5H2,1-2H3,(H,21,24)(H4,16,17,20)(H3,18,22,25)/t9-,10-,11-/m0/s1. The first-order valence-corrected chi connectivity index (χ1v) is 9.09. The van der Waals surface area contributed by atoms with E-state index in [0.717, 1.165) is 0 Å². The number of hydrogen-bond acceptors (Lipinski definition) is 6. The number of hydrogen-bond donors (Lipinski definition) is 6. The first-order chi connectivity index (χ1) is 12.2. The third-order valence-electron chi connectivity index (χ3n) is 3.63. The Kier molecular flexibility index (Phi) is 8.79. The number of guanidine groups is 1. The van der Waals surface area contributed by atoms with Crippen molar-refractivity contribution in [1.82, 2.24) is 15.6 Å². The zero-order valence-corrected chi connectivity index (χ0v) is 15.7. The highest BCUT2D eigenvalue weighted by Gasteiger charge is 2.29. The highest BCUT2D eigenvalue weighted by molar-refractivity contribution is 7.09. The van der Waals surface area contributed by atoms with Crippen molar-refractivity contribution in [2.45, 2.75) is 44.9 Å². The van der Waals surface area contributed by atoms with Gasteiger partial charge in [-0.25, -0.2) is 9.78 Å². The molecule has 0 spiro atoms. The topological polar surface area (TPSA) is 182 Å². The quantitative estimate of drug-likeness (QED) is 0.178. The Labute approximate surface area is 156 Å². The number of aliphatic imine (C=N–C) groups is 1. The van der Waals surface area contributed by atoms with Crippen molar-refractivity contribution < 1.29 is 14.7 Å². The fourth-order valence-electron chi connectivity index (χ4n) is 2.34. The molecule has 0 aliphatic rings.